The van der Waals surface area contributed by atoms with E-state index in [9.17, 15) is 0 Å². The van der Waals surface area contributed by atoms with Gasteiger partial charge in [-0.1, -0.05) is 40.7 Å². The molecule has 0 aliphatic carbocycles. The Kier molecular flexibility index (Phi) is 4.01. The van der Waals surface area contributed by atoms with E-state index >= 15 is 0 Å². The standard InChI is InChI=1S/C9H19NS/c1-6-7(2)9(4,5)11-8(3)10/h7H,3,6,10H2,1-2,4-5H3/t7-/m0/s1. The van der Waals surface area contributed by atoms with Gasteiger partial charge in [-0.15, -0.1) is 11.8 Å². The Balaban J connectivity index is 4.08. The molecule has 1 nitrogen and oxygen atoms in total. The molecule has 0 aliphatic rings. The van der Waals surface area contributed by atoms with E-state index in [2.05, 4.69) is 34.3 Å². The summed E-state index contributed by atoms with van der Waals surface area (Å²) in [4.78, 5) is 0. The molecule has 1 atom stereocenters. The van der Waals surface area contributed by atoms with Crippen molar-refractivity contribution in [2.75, 3.05) is 0 Å². The van der Waals surface area contributed by atoms with Crippen molar-refractivity contribution in [2.24, 2.45) is 11.7 Å². The van der Waals surface area contributed by atoms with Crippen LogP contribution in [0.25, 0.3) is 0 Å². The summed E-state index contributed by atoms with van der Waals surface area (Å²) >= 11 is 1.67. The van der Waals surface area contributed by atoms with Crippen LogP contribution in [0.4, 0.5) is 0 Å². The fraction of sp³-hybridized carbons (Fsp3) is 0.778. The molecule has 0 saturated carbocycles. The van der Waals surface area contributed by atoms with Gasteiger partial charge in [0.1, 0.15) is 0 Å². The first-order chi connectivity index (χ1) is 4.90. The van der Waals surface area contributed by atoms with Crippen LogP contribution in [0, 0.1) is 5.92 Å². The Hall–Kier alpha value is -0.110. The van der Waals surface area contributed by atoms with Crippen LogP contribution >= 0.6 is 11.8 Å². The second kappa shape index (κ2) is 4.05. The van der Waals surface area contributed by atoms with Gasteiger partial charge in [0.2, 0.25) is 0 Å². The predicted molar refractivity (Wildman–Crippen MR) is 54.5 cm³/mol. The van der Waals surface area contributed by atoms with E-state index in [0.29, 0.717) is 5.92 Å². The summed E-state index contributed by atoms with van der Waals surface area (Å²) in [5.41, 5.74) is 5.54. The molecule has 0 rings (SSSR count). The molecular weight excluding hydrogens is 154 g/mol. The normalized spacial score (nSPS) is 14.5. The highest BCUT2D eigenvalue weighted by molar-refractivity contribution is 8.04. The molecule has 0 aliphatic heterocycles. The lowest BCUT2D eigenvalue weighted by atomic mass is 9.95. The fourth-order valence-corrected chi connectivity index (χ4v) is 1.97. The lowest BCUT2D eigenvalue weighted by Gasteiger charge is -2.30. The first-order valence-electron chi connectivity index (χ1n) is 4.03. The molecule has 0 bridgehead atoms. The maximum Gasteiger partial charge on any atom is 0.0587 e. The first-order valence-corrected chi connectivity index (χ1v) is 4.85. The Morgan fingerprint density at radius 3 is 2.36 bits per heavy atom. The van der Waals surface area contributed by atoms with Crippen molar-refractivity contribution in [1.82, 2.24) is 0 Å². The van der Waals surface area contributed by atoms with Crippen molar-refractivity contribution in [1.29, 1.82) is 0 Å². The average molecular weight is 173 g/mol. The minimum Gasteiger partial charge on any atom is -0.394 e. The van der Waals surface area contributed by atoms with E-state index in [4.69, 9.17) is 5.73 Å². The van der Waals surface area contributed by atoms with E-state index in [1.807, 2.05) is 0 Å². The summed E-state index contributed by atoms with van der Waals surface area (Å²) in [6, 6.07) is 0. The summed E-state index contributed by atoms with van der Waals surface area (Å²) in [7, 11) is 0. The number of hydrogen-bond donors (Lipinski definition) is 1. The zero-order valence-electron chi connectivity index (χ0n) is 7.98. The topological polar surface area (TPSA) is 26.0 Å². The van der Waals surface area contributed by atoms with Gasteiger partial charge in [0.05, 0.1) is 5.03 Å². The van der Waals surface area contributed by atoms with E-state index in [-0.39, 0.29) is 4.75 Å². The highest BCUT2D eigenvalue weighted by atomic mass is 32.2. The molecule has 0 unspecified atom stereocenters. The third kappa shape index (κ3) is 3.71. The Morgan fingerprint density at radius 2 is 2.09 bits per heavy atom. The average Bonchev–Trinajstić information content (AvgIpc) is 1.83. The second-order valence-electron chi connectivity index (χ2n) is 3.48. The van der Waals surface area contributed by atoms with Crippen molar-refractivity contribution >= 4 is 11.8 Å². The van der Waals surface area contributed by atoms with Gasteiger partial charge in [0.25, 0.3) is 0 Å². The molecule has 0 aromatic carbocycles. The van der Waals surface area contributed by atoms with Crippen LogP contribution in [0.15, 0.2) is 11.6 Å². The third-order valence-corrected chi connectivity index (χ3v) is 3.38. The van der Waals surface area contributed by atoms with Gasteiger partial charge in [0.15, 0.2) is 0 Å². The molecular formula is C9H19NS. The molecule has 2 N–H and O–H groups in total. The molecule has 0 radical (unpaired) electrons. The number of rotatable bonds is 4. The zero-order chi connectivity index (χ0) is 9.07. The van der Waals surface area contributed by atoms with Gasteiger partial charge >= 0.3 is 0 Å². The predicted octanol–water partition coefficient (Wildman–Crippen LogP) is 2.97. The van der Waals surface area contributed by atoms with Gasteiger partial charge in [0, 0.05) is 4.75 Å². The highest BCUT2D eigenvalue weighted by Crippen LogP contribution is 2.36. The van der Waals surface area contributed by atoms with Crippen LogP contribution in [0.5, 0.6) is 0 Å². The maximum absolute atomic E-state index is 5.54. The Labute approximate surface area is 74.4 Å². The molecule has 0 fully saturated rings. The minimum absolute atomic E-state index is 0.223. The molecule has 11 heavy (non-hydrogen) atoms. The largest absolute Gasteiger partial charge is 0.394 e. The van der Waals surface area contributed by atoms with Gasteiger partial charge in [-0.05, 0) is 5.92 Å². The van der Waals surface area contributed by atoms with Gasteiger partial charge < -0.3 is 5.73 Å². The van der Waals surface area contributed by atoms with Crippen molar-refractivity contribution in [3.8, 4) is 0 Å². The van der Waals surface area contributed by atoms with Crippen LogP contribution < -0.4 is 5.73 Å². The van der Waals surface area contributed by atoms with Crippen LogP contribution in [0.2, 0.25) is 0 Å². The maximum atomic E-state index is 5.54. The molecule has 0 spiro atoms. The molecule has 0 heterocycles. The van der Waals surface area contributed by atoms with Crippen LogP contribution in [-0.2, 0) is 0 Å². The van der Waals surface area contributed by atoms with Crippen molar-refractivity contribution in [2.45, 2.75) is 38.9 Å². The number of thioether (sulfide) groups is 1. The molecule has 2 heteroatoms. The SMILES string of the molecule is C=C(N)SC(C)(C)[C@@H](C)CC. The van der Waals surface area contributed by atoms with Gasteiger partial charge in [-0.2, -0.15) is 0 Å². The lowest BCUT2D eigenvalue weighted by molar-refractivity contribution is 0.449. The quantitative estimate of drug-likeness (QED) is 0.707. The summed E-state index contributed by atoms with van der Waals surface area (Å²) < 4.78 is 0.223. The molecule has 0 amide bonds. The summed E-state index contributed by atoms with van der Waals surface area (Å²) in [6.45, 7) is 12.6. The molecule has 0 saturated heterocycles. The molecule has 0 aromatic heterocycles. The summed E-state index contributed by atoms with van der Waals surface area (Å²) in [5, 5.41) is 0.718. The molecule has 0 aromatic rings. The van der Waals surface area contributed by atoms with E-state index in [1.165, 1.54) is 6.42 Å². The van der Waals surface area contributed by atoms with Crippen LogP contribution in [0.3, 0.4) is 0 Å². The van der Waals surface area contributed by atoms with Crippen LogP contribution in [-0.4, -0.2) is 4.75 Å². The van der Waals surface area contributed by atoms with E-state index in [1.54, 1.807) is 11.8 Å². The Bertz CT molecular complexity index is 140. The second-order valence-corrected chi connectivity index (χ2v) is 5.26. The monoisotopic (exact) mass is 173 g/mol. The van der Waals surface area contributed by atoms with E-state index < -0.39 is 0 Å². The first kappa shape index (κ1) is 10.9. The van der Waals surface area contributed by atoms with Gasteiger partial charge in [-0.25, -0.2) is 0 Å². The third-order valence-electron chi connectivity index (χ3n) is 2.19. The Morgan fingerprint density at radius 1 is 1.64 bits per heavy atom. The van der Waals surface area contributed by atoms with Gasteiger partial charge in [-0.3, -0.25) is 0 Å². The number of nitrogens with two attached hydrogens (primary N) is 1. The zero-order valence-corrected chi connectivity index (χ0v) is 8.79. The minimum atomic E-state index is 0.223. The van der Waals surface area contributed by atoms with Crippen molar-refractivity contribution in [3.63, 3.8) is 0 Å². The van der Waals surface area contributed by atoms with Crippen molar-refractivity contribution < 1.29 is 0 Å². The smallest absolute Gasteiger partial charge is 0.0587 e. The van der Waals surface area contributed by atoms with Crippen LogP contribution in [0.1, 0.15) is 34.1 Å². The lowest BCUT2D eigenvalue weighted by Crippen LogP contribution is -2.25. The van der Waals surface area contributed by atoms with Crippen molar-refractivity contribution in [3.05, 3.63) is 11.6 Å². The number of hydrogen-bond acceptors (Lipinski definition) is 2. The highest BCUT2D eigenvalue weighted by Gasteiger charge is 2.25. The molecule has 66 valence electrons. The summed E-state index contributed by atoms with van der Waals surface area (Å²) in [6.07, 6.45) is 1.19. The van der Waals surface area contributed by atoms with E-state index in [0.717, 1.165) is 5.03 Å². The fourth-order valence-electron chi connectivity index (χ4n) is 0.930. The summed E-state index contributed by atoms with van der Waals surface area (Å²) in [5.74, 6) is 0.674.